The predicted molar refractivity (Wildman–Crippen MR) is 119 cm³/mol. The van der Waals surface area contributed by atoms with E-state index < -0.39 is 6.10 Å². The van der Waals surface area contributed by atoms with Gasteiger partial charge in [-0.1, -0.05) is 42.5 Å². The Balaban J connectivity index is 1.31. The molecule has 2 aromatic rings. The molecule has 6 heteroatoms. The quantitative estimate of drug-likeness (QED) is 0.599. The second-order valence-corrected chi connectivity index (χ2v) is 9.07. The first-order valence-corrected chi connectivity index (χ1v) is 11.0. The van der Waals surface area contributed by atoms with Crippen molar-refractivity contribution < 1.29 is 19.2 Å². The summed E-state index contributed by atoms with van der Waals surface area (Å²) in [6.45, 7) is 0.924. The lowest BCUT2D eigenvalue weighted by atomic mass is 9.53. The molecule has 4 atom stereocenters. The number of nitrogens with zero attached hydrogens (tertiary/aromatic N) is 1. The largest absolute Gasteiger partial charge is 0.477 e. The van der Waals surface area contributed by atoms with E-state index in [0.717, 1.165) is 30.5 Å². The van der Waals surface area contributed by atoms with Crippen molar-refractivity contribution in [1.29, 1.82) is 0 Å². The van der Waals surface area contributed by atoms with Crippen LogP contribution in [-0.2, 0) is 21.4 Å². The van der Waals surface area contributed by atoms with Crippen molar-refractivity contribution in [3.05, 3.63) is 77.4 Å². The topological polar surface area (TPSA) is 67.9 Å². The summed E-state index contributed by atoms with van der Waals surface area (Å²) in [6, 6.07) is 13.8. The molecule has 0 radical (unpaired) electrons. The number of hydroxylamine groups is 1. The molecule has 4 aliphatic rings. The van der Waals surface area contributed by atoms with E-state index in [1.165, 1.54) is 11.6 Å². The zero-order chi connectivity index (χ0) is 21.9. The van der Waals surface area contributed by atoms with Crippen LogP contribution in [0.15, 0.2) is 60.7 Å². The van der Waals surface area contributed by atoms with Gasteiger partial charge >= 0.3 is 0 Å². The van der Waals surface area contributed by atoms with E-state index >= 15 is 0 Å². The average Bonchev–Trinajstić information content (AvgIpc) is 3.17. The van der Waals surface area contributed by atoms with Gasteiger partial charge in [-0.05, 0) is 55.8 Å². The number of hydrogen-bond acceptors (Lipinski definition) is 5. The minimum absolute atomic E-state index is 0.00869. The summed E-state index contributed by atoms with van der Waals surface area (Å²) in [5.74, 6) is 0.913. The lowest BCUT2D eigenvalue weighted by Gasteiger charge is -2.55. The summed E-state index contributed by atoms with van der Waals surface area (Å²) in [6.07, 6.45) is 8.17. The van der Waals surface area contributed by atoms with E-state index in [1.54, 1.807) is 12.2 Å². The molecule has 1 fully saturated rings. The van der Waals surface area contributed by atoms with Gasteiger partial charge in [-0.2, -0.15) is 5.48 Å². The second-order valence-electron chi connectivity index (χ2n) is 9.07. The van der Waals surface area contributed by atoms with Crippen LogP contribution in [0.4, 0.5) is 0 Å². The van der Waals surface area contributed by atoms with E-state index in [1.807, 2.05) is 36.4 Å². The number of rotatable bonds is 4. The number of likely N-dealkylation sites (N-methyl/N-ethyl adjacent to an activating group) is 1. The predicted octanol–water partition coefficient (Wildman–Crippen LogP) is 2.82. The first-order valence-electron chi connectivity index (χ1n) is 11.0. The summed E-state index contributed by atoms with van der Waals surface area (Å²) in [4.78, 5) is 33.2. The number of nitrogens with one attached hydrogen (secondary N) is 1. The number of benzene rings is 2. The first-order chi connectivity index (χ1) is 15.6. The maximum absolute atomic E-state index is 12.9. The molecule has 6 rings (SSSR count). The molecule has 2 aliphatic carbocycles. The van der Waals surface area contributed by atoms with Gasteiger partial charge in [-0.3, -0.25) is 9.59 Å². The average molecular weight is 428 g/mol. The SMILES string of the molecule is CN1CC[C@]23c4c5ccc(ONC(=O)C=Cc6ccccc6)c4O[C@H]2C(=O)C=C[C@H]3[C@H]1C5. The van der Waals surface area contributed by atoms with Gasteiger partial charge in [-0.15, -0.1) is 0 Å². The van der Waals surface area contributed by atoms with Crippen LogP contribution < -0.4 is 15.1 Å². The number of carbonyl (C=O) groups excluding carboxylic acids is 2. The van der Waals surface area contributed by atoms with Gasteiger partial charge in [0.05, 0.1) is 5.41 Å². The Kier molecular flexibility index (Phi) is 4.27. The van der Waals surface area contributed by atoms with Crippen LogP contribution in [0.1, 0.15) is 23.1 Å². The molecule has 2 aliphatic heterocycles. The minimum Gasteiger partial charge on any atom is -0.477 e. The third-order valence-corrected chi connectivity index (χ3v) is 7.47. The number of piperidine rings is 1. The molecule has 0 aromatic heterocycles. The number of ether oxygens (including phenoxy) is 1. The van der Waals surface area contributed by atoms with E-state index in [0.29, 0.717) is 17.5 Å². The van der Waals surface area contributed by atoms with Gasteiger partial charge in [0.2, 0.25) is 0 Å². The van der Waals surface area contributed by atoms with Gasteiger partial charge in [0.25, 0.3) is 5.91 Å². The Morgan fingerprint density at radius 3 is 2.94 bits per heavy atom. The molecule has 1 spiro atoms. The van der Waals surface area contributed by atoms with E-state index in [-0.39, 0.29) is 23.0 Å². The van der Waals surface area contributed by atoms with Crippen LogP contribution in [0.25, 0.3) is 6.08 Å². The molecule has 2 bridgehead atoms. The highest BCUT2D eigenvalue weighted by Gasteiger charge is 2.64. The normalized spacial score (nSPS) is 29.5. The summed E-state index contributed by atoms with van der Waals surface area (Å²) in [5.41, 5.74) is 5.38. The highest BCUT2D eigenvalue weighted by atomic mass is 16.7. The molecule has 162 valence electrons. The standard InChI is InChI=1S/C26H24N2O4/c1-28-14-13-26-18-9-10-20(29)25(26)31-24-21(11-8-17(23(24)26)15-19(18)28)32-27-22(30)12-7-16-5-3-2-4-6-16/h2-12,18-19,25H,13-15H2,1H3,(H,27,30)/t18-,19+,25-,26-/m0/s1. The van der Waals surface area contributed by atoms with E-state index in [4.69, 9.17) is 9.57 Å². The fourth-order valence-electron chi connectivity index (χ4n) is 6.03. The molecular weight excluding hydrogens is 404 g/mol. The number of amides is 1. The summed E-state index contributed by atoms with van der Waals surface area (Å²) in [7, 11) is 2.16. The van der Waals surface area contributed by atoms with Crippen LogP contribution in [-0.4, -0.2) is 42.3 Å². The van der Waals surface area contributed by atoms with Gasteiger partial charge in [0.15, 0.2) is 23.4 Å². The molecule has 6 nitrogen and oxygen atoms in total. The number of carbonyl (C=O) groups is 2. The molecule has 2 heterocycles. The van der Waals surface area contributed by atoms with Crippen LogP contribution in [0.3, 0.4) is 0 Å². The molecule has 0 unspecified atom stereocenters. The van der Waals surface area contributed by atoms with E-state index in [9.17, 15) is 9.59 Å². The zero-order valence-corrected chi connectivity index (χ0v) is 17.8. The summed E-state index contributed by atoms with van der Waals surface area (Å²) >= 11 is 0. The molecule has 1 amide bonds. The third kappa shape index (κ3) is 2.69. The highest BCUT2D eigenvalue weighted by molar-refractivity contribution is 5.98. The van der Waals surface area contributed by atoms with Crippen molar-refractivity contribution in [3.8, 4) is 11.5 Å². The zero-order valence-electron chi connectivity index (χ0n) is 17.8. The molecular formula is C26H24N2O4. The number of hydrogen-bond donors (Lipinski definition) is 1. The molecule has 2 aromatic carbocycles. The van der Waals surface area contributed by atoms with Gasteiger partial charge in [-0.25, -0.2) is 0 Å². The van der Waals surface area contributed by atoms with Gasteiger partial charge in [0.1, 0.15) is 0 Å². The molecule has 0 saturated carbocycles. The van der Waals surface area contributed by atoms with Gasteiger partial charge in [0, 0.05) is 23.6 Å². The maximum atomic E-state index is 12.9. The monoisotopic (exact) mass is 428 g/mol. The van der Waals surface area contributed by atoms with Crippen molar-refractivity contribution in [2.24, 2.45) is 5.92 Å². The van der Waals surface area contributed by atoms with Crippen molar-refractivity contribution in [2.75, 3.05) is 13.6 Å². The smallest absolute Gasteiger partial charge is 0.276 e. The van der Waals surface area contributed by atoms with Crippen molar-refractivity contribution in [3.63, 3.8) is 0 Å². The lowest BCUT2D eigenvalue weighted by molar-refractivity contribution is -0.127. The van der Waals surface area contributed by atoms with Crippen LogP contribution in [0.2, 0.25) is 0 Å². The Labute approximate surface area is 186 Å². The Morgan fingerprint density at radius 2 is 2.09 bits per heavy atom. The van der Waals surface area contributed by atoms with Crippen molar-refractivity contribution in [1.82, 2.24) is 10.4 Å². The third-order valence-electron chi connectivity index (χ3n) is 7.47. The number of ketones is 1. The fourth-order valence-corrected chi connectivity index (χ4v) is 6.03. The fraction of sp³-hybridized carbons (Fsp3) is 0.308. The Bertz CT molecular complexity index is 1170. The Hall–Kier alpha value is -3.38. The Morgan fingerprint density at radius 1 is 1.25 bits per heavy atom. The van der Waals surface area contributed by atoms with Crippen LogP contribution >= 0.6 is 0 Å². The lowest BCUT2D eigenvalue weighted by Crippen LogP contribution is -2.64. The number of likely N-dealkylation sites (tertiary alicyclic amines) is 1. The first kappa shape index (κ1) is 19.3. The van der Waals surface area contributed by atoms with E-state index in [2.05, 4.69) is 29.6 Å². The van der Waals surface area contributed by atoms with Gasteiger partial charge < -0.3 is 14.5 Å². The maximum Gasteiger partial charge on any atom is 0.276 e. The van der Waals surface area contributed by atoms with Crippen LogP contribution in [0, 0.1) is 5.92 Å². The second kappa shape index (κ2) is 7.07. The minimum atomic E-state index is -0.527. The molecule has 32 heavy (non-hydrogen) atoms. The molecule has 1 saturated heterocycles. The molecule has 1 N–H and O–H groups in total. The highest BCUT2D eigenvalue weighted by Crippen LogP contribution is 2.61. The summed E-state index contributed by atoms with van der Waals surface area (Å²) in [5, 5.41) is 0. The summed E-state index contributed by atoms with van der Waals surface area (Å²) < 4.78 is 6.31. The van der Waals surface area contributed by atoms with Crippen molar-refractivity contribution >= 4 is 17.8 Å². The van der Waals surface area contributed by atoms with Crippen molar-refractivity contribution in [2.45, 2.75) is 30.4 Å². The van der Waals surface area contributed by atoms with Crippen LogP contribution in [0.5, 0.6) is 11.5 Å².